The van der Waals surface area contributed by atoms with Crippen molar-refractivity contribution in [2.24, 2.45) is 0 Å². The molecule has 1 aromatic rings. The summed E-state index contributed by atoms with van der Waals surface area (Å²) < 4.78 is 1.91. The smallest absolute Gasteiger partial charge is 0.256 e. The van der Waals surface area contributed by atoms with Crippen molar-refractivity contribution in [2.75, 3.05) is 12.0 Å². The van der Waals surface area contributed by atoms with Gasteiger partial charge in [-0.25, -0.2) is 4.98 Å². The average Bonchev–Trinajstić information content (AvgIpc) is 2.34. The first kappa shape index (κ1) is 6.13. The fourth-order valence-corrected chi connectivity index (χ4v) is 0.629. The van der Waals surface area contributed by atoms with Crippen LogP contribution in [0.5, 0.6) is 0 Å². The Bertz CT molecular complexity index is 145. The highest BCUT2D eigenvalue weighted by Gasteiger charge is 1.89. The molecule has 0 aromatic carbocycles. The van der Waals surface area contributed by atoms with E-state index in [4.69, 9.17) is 0 Å². The van der Waals surface area contributed by atoms with Crippen molar-refractivity contribution in [2.45, 2.75) is 13.3 Å². The molecule has 0 amide bonds. The van der Waals surface area contributed by atoms with Gasteiger partial charge in [0.05, 0.1) is 6.54 Å². The lowest BCUT2D eigenvalue weighted by Gasteiger charge is -1.94. The second-order valence-corrected chi connectivity index (χ2v) is 1.93. The van der Waals surface area contributed by atoms with E-state index in [-0.39, 0.29) is 0 Å². The van der Waals surface area contributed by atoms with E-state index in [1.165, 1.54) is 0 Å². The van der Waals surface area contributed by atoms with Gasteiger partial charge in [-0.05, 0) is 6.42 Å². The van der Waals surface area contributed by atoms with Crippen LogP contribution in [0, 0.1) is 0 Å². The lowest BCUT2D eigenvalue weighted by atomic mass is 10.5. The minimum atomic E-state index is 1.02. The van der Waals surface area contributed by atoms with Crippen LogP contribution in [-0.2, 0) is 0 Å². The average molecular weight is 126 g/mol. The summed E-state index contributed by atoms with van der Waals surface area (Å²) in [6, 6.07) is 0. The van der Waals surface area contributed by atoms with Crippen molar-refractivity contribution in [3.8, 4) is 0 Å². The molecule has 3 heteroatoms. The molecule has 3 nitrogen and oxygen atoms in total. The molecule has 0 spiro atoms. The number of hydrogen-bond acceptors (Lipinski definition) is 1. The predicted octanol–water partition coefficient (Wildman–Crippen LogP) is 0.256. The number of aromatic amines is 1. The Morgan fingerprint density at radius 3 is 3.11 bits per heavy atom. The molecule has 0 aliphatic heterocycles. The molecule has 1 heterocycles. The highest BCUT2D eigenvalue weighted by molar-refractivity contribution is 4.58. The van der Waals surface area contributed by atoms with Crippen molar-refractivity contribution < 1.29 is 4.68 Å². The van der Waals surface area contributed by atoms with Crippen LogP contribution in [0.25, 0.3) is 0 Å². The number of rotatable bonds is 3. The van der Waals surface area contributed by atoms with Gasteiger partial charge in [-0.2, -0.15) is 0 Å². The van der Waals surface area contributed by atoms with Crippen LogP contribution in [0.2, 0.25) is 0 Å². The zero-order valence-corrected chi connectivity index (χ0v) is 5.59. The molecule has 0 unspecified atom stereocenters. The number of imidazole rings is 1. The maximum absolute atomic E-state index is 3.16. The molecule has 0 aliphatic carbocycles. The van der Waals surface area contributed by atoms with E-state index in [0.29, 0.717) is 0 Å². The van der Waals surface area contributed by atoms with Crippen LogP contribution < -0.4 is 10.1 Å². The molecule has 0 saturated carbocycles. The number of nitrogens with one attached hydrogen (secondary N) is 2. The summed E-state index contributed by atoms with van der Waals surface area (Å²) in [6.45, 7) is 3.16. The summed E-state index contributed by atoms with van der Waals surface area (Å²) in [5, 5.41) is 0. The van der Waals surface area contributed by atoms with E-state index < -0.39 is 0 Å². The topological polar surface area (TPSA) is 31.7 Å². The fourth-order valence-electron chi connectivity index (χ4n) is 0.629. The molecular weight excluding hydrogens is 114 g/mol. The van der Waals surface area contributed by atoms with Gasteiger partial charge in [0.25, 0.3) is 6.33 Å². The van der Waals surface area contributed by atoms with E-state index in [1.807, 2.05) is 23.4 Å². The quantitative estimate of drug-likeness (QED) is 0.559. The van der Waals surface area contributed by atoms with E-state index in [1.54, 1.807) is 0 Å². The van der Waals surface area contributed by atoms with Gasteiger partial charge in [0.1, 0.15) is 6.20 Å². The fraction of sp³-hybridized carbons (Fsp3) is 0.500. The van der Waals surface area contributed by atoms with Gasteiger partial charge in [0.2, 0.25) is 0 Å². The summed E-state index contributed by atoms with van der Waals surface area (Å²) in [6.07, 6.45) is 6.84. The first-order chi connectivity index (χ1) is 4.43. The zero-order chi connectivity index (χ0) is 6.53. The summed E-state index contributed by atoms with van der Waals surface area (Å²) in [5.74, 6) is 0. The molecule has 2 N–H and O–H groups in total. The second-order valence-electron chi connectivity index (χ2n) is 1.93. The molecule has 0 fully saturated rings. The van der Waals surface area contributed by atoms with Crippen molar-refractivity contribution in [3.63, 3.8) is 0 Å². The van der Waals surface area contributed by atoms with Gasteiger partial charge in [-0.3, -0.25) is 5.43 Å². The molecular formula is C6H12N3+. The SMILES string of the molecule is CCCN[n+]1cc[nH]c1. The van der Waals surface area contributed by atoms with Crippen molar-refractivity contribution in [1.82, 2.24) is 4.98 Å². The number of hydrogen-bond donors (Lipinski definition) is 2. The van der Waals surface area contributed by atoms with Gasteiger partial charge in [0.15, 0.2) is 6.20 Å². The van der Waals surface area contributed by atoms with Gasteiger partial charge in [-0.1, -0.05) is 6.92 Å². The van der Waals surface area contributed by atoms with Crippen LogP contribution in [0.3, 0.4) is 0 Å². The third-order valence-electron chi connectivity index (χ3n) is 1.09. The molecule has 9 heavy (non-hydrogen) atoms. The zero-order valence-electron chi connectivity index (χ0n) is 5.59. The highest BCUT2D eigenvalue weighted by atomic mass is 15.4. The first-order valence-corrected chi connectivity index (χ1v) is 3.21. The largest absolute Gasteiger partial charge is 0.264 e. The number of aromatic nitrogens is 2. The van der Waals surface area contributed by atoms with Gasteiger partial charge in [-0.15, -0.1) is 4.68 Å². The number of H-pyrrole nitrogens is 1. The Morgan fingerprint density at radius 2 is 2.56 bits per heavy atom. The molecule has 0 saturated heterocycles. The van der Waals surface area contributed by atoms with Crippen molar-refractivity contribution >= 4 is 0 Å². The molecule has 1 aromatic heterocycles. The maximum atomic E-state index is 3.16. The van der Waals surface area contributed by atoms with E-state index in [2.05, 4.69) is 17.3 Å². The van der Waals surface area contributed by atoms with Gasteiger partial charge < -0.3 is 0 Å². The lowest BCUT2D eigenvalue weighted by molar-refractivity contribution is -0.648. The number of nitrogens with zero attached hydrogens (tertiary/aromatic N) is 1. The van der Waals surface area contributed by atoms with Crippen LogP contribution in [0.4, 0.5) is 0 Å². The second kappa shape index (κ2) is 3.12. The third-order valence-corrected chi connectivity index (χ3v) is 1.09. The van der Waals surface area contributed by atoms with E-state index >= 15 is 0 Å². The van der Waals surface area contributed by atoms with E-state index in [9.17, 15) is 0 Å². The summed E-state index contributed by atoms with van der Waals surface area (Å²) >= 11 is 0. The van der Waals surface area contributed by atoms with Gasteiger partial charge in [0, 0.05) is 0 Å². The molecule has 1 rings (SSSR count). The molecule has 0 aliphatic rings. The minimum Gasteiger partial charge on any atom is -0.256 e. The van der Waals surface area contributed by atoms with Crippen LogP contribution in [0.1, 0.15) is 13.3 Å². The molecule has 0 radical (unpaired) electrons. The maximum Gasteiger partial charge on any atom is 0.264 e. The standard InChI is InChI=1S/C6H11N3/c1-2-3-8-9-5-4-7-6-9/h4-6,8H,2-3H2,1H3/p+1. The molecule has 0 bridgehead atoms. The summed E-state index contributed by atoms with van der Waals surface area (Å²) in [5.41, 5.74) is 3.16. The minimum absolute atomic E-state index is 1.02. The Morgan fingerprint density at radius 1 is 1.67 bits per heavy atom. The highest BCUT2D eigenvalue weighted by Crippen LogP contribution is 1.69. The van der Waals surface area contributed by atoms with Crippen molar-refractivity contribution in [1.29, 1.82) is 0 Å². The molecule has 0 atom stereocenters. The van der Waals surface area contributed by atoms with Crippen LogP contribution in [-0.4, -0.2) is 11.5 Å². The van der Waals surface area contributed by atoms with Gasteiger partial charge >= 0.3 is 0 Å². The van der Waals surface area contributed by atoms with Crippen LogP contribution in [0.15, 0.2) is 18.7 Å². The summed E-state index contributed by atoms with van der Waals surface area (Å²) in [4.78, 5) is 2.94. The third kappa shape index (κ3) is 1.76. The Kier molecular flexibility index (Phi) is 2.13. The Hall–Kier alpha value is -0.990. The van der Waals surface area contributed by atoms with Crippen LogP contribution >= 0.6 is 0 Å². The van der Waals surface area contributed by atoms with E-state index in [0.717, 1.165) is 13.0 Å². The molecule has 50 valence electrons. The predicted molar refractivity (Wildman–Crippen MR) is 35.5 cm³/mol. The lowest BCUT2D eigenvalue weighted by Crippen LogP contribution is -2.43. The van der Waals surface area contributed by atoms with Crippen molar-refractivity contribution in [3.05, 3.63) is 18.7 Å². The monoisotopic (exact) mass is 126 g/mol. The normalized spacial score (nSPS) is 9.44. The summed E-state index contributed by atoms with van der Waals surface area (Å²) in [7, 11) is 0. The first-order valence-electron chi connectivity index (χ1n) is 3.21. The Labute approximate surface area is 54.7 Å². The Balaban J connectivity index is 2.30.